The number of fused-ring (bicyclic) bond motifs is 1. The maximum atomic E-state index is 13.9. The number of aryl methyl sites for hydroxylation is 1. The molecule has 0 atom stereocenters. The van der Waals surface area contributed by atoms with Crippen LogP contribution in [-0.4, -0.2) is 21.9 Å². The number of para-hydroxylation sites is 1. The number of hydrogen-bond donors (Lipinski definition) is 0. The summed E-state index contributed by atoms with van der Waals surface area (Å²) in [5.41, 5.74) is 2.79. The van der Waals surface area contributed by atoms with Gasteiger partial charge in [0, 0.05) is 16.1 Å². The van der Waals surface area contributed by atoms with Crippen LogP contribution in [0, 0.1) is 6.92 Å². The number of hydrogen-bond acceptors (Lipinski definition) is 3. The van der Waals surface area contributed by atoms with E-state index in [2.05, 4.69) is 5.10 Å². The first-order chi connectivity index (χ1) is 14.0. The summed E-state index contributed by atoms with van der Waals surface area (Å²) < 4.78 is 34.9. The summed E-state index contributed by atoms with van der Waals surface area (Å²) in [7, 11) is 1.54. The van der Waals surface area contributed by atoms with E-state index < -0.39 is 6.43 Å². The molecule has 2 aromatic heterocycles. The Hall–Kier alpha value is -2.99. The van der Waals surface area contributed by atoms with Crippen molar-refractivity contribution in [1.82, 2.24) is 14.8 Å². The summed E-state index contributed by atoms with van der Waals surface area (Å²) in [6.07, 6.45) is -2.66. The summed E-state index contributed by atoms with van der Waals surface area (Å²) >= 11 is 6.08. The van der Waals surface area contributed by atoms with Gasteiger partial charge in [-0.25, -0.2) is 18.4 Å². The molecule has 0 saturated heterocycles. The van der Waals surface area contributed by atoms with Gasteiger partial charge in [0.05, 0.1) is 30.4 Å². The third-order valence-corrected chi connectivity index (χ3v) is 4.98. The molecule has 7 heteroatoms. The highest BCUT2D eigenvalue weighted by Gasteiger charge is 2.22. The smallest absolute Gasteiger partial charge is 0.264 e. The third-order valence-electron chi connectivity index (χ3n) is 4.75. The number of halogens is 3. The van der Waals surface area contributed by atoms with E-state index in [0.717, 1.165) is 5.56 Å². The Balaban J connectivity index is 1.93. The molecule has 4 aromatic rings. The zero-order chi connectivity index (χ0) is 20.5. The lowest BCUT2D eigenvalue weighted by Crippen LogP contribution is -2.04. The fraction of sp³-hybridized carbons (Fsp3) is 0.182. The van der Waals surface area contributed by atoms with Gasteiger partial charge in [-0.1, -0.05) is 35.9 Å². The predicted molar refractivity (Wildman–Crippen MR) is 110 cm³/mol. The van der Waals surface area contributed by atoms with Crippen LogP contribution < -0.4 is 4.74 Å². The van der Waals surface area contributed by atoms with Crippen LogP contribution in [0.15, 0.2) is 54.6 Å². The zero-order valence-electron chi connectivity index (χ0n) is 15.9. The van der Waals surface area contributed by atoms with Crippen molar-refractivity contribution in [3.63, 3.8) is 0 Å². The van der Waals surface area contributed by atoms with Gasteiger partial charge in [0.15, 0.2) is 5.65 Å². The first-order valence-corrected chi connectivity index (χ1v) is 9.39. The van der Waals surface area contributed by atoms with E-state index >= 15 is 0 Å². The Kier molecular flexibility index (Phi) is 5.20. The number of rotatable bonds is 5. The van der Waals surface area contributed by atoms with Crippen LogP contribution in [0.2, 0.25) is 5.02 Å². The number of nitrogens with zero attached hydrogens (tertiary/aromatic N) is 3. The molecule has 2 aromatic carbocycles. The molecule has 148 valence electrons. The molecule has 0 N–H and O–H groups in total. The molecular formula is C22H18ClF2N3O. The van der Waals surface area contributed by atoms with E-state index in [-0.39, 0.29) is 5.56 Å². The number of methoxy groups -OCH3 is 1. The minimum absolute atomic E-state index is 0.0919. The molecule has 0 aliphatic rings. The highest BCUT2D eigenvalue weighted by Crippen LogP contribution is 2.36. The van der Waals surface area contributed by atoms with E-state index in [9.17, 15) is 8.78 Å². The second-order valence-electron chi connectivity index (χ2n) is 6.67. The van der Waals surface area contributed by atoms with Crippen molar-refractivity contribution >= 4 is 22.6 Å². The number of ether oxygens (including phenoxy) is 1. The molecule has 0 amide bonds. The second kappa shape index (κ2) is 7.79. The minimum atomic E-state index is -2.66. The Labute approximate surface area is 171 Å². The Morgan fingerprint density at radius 2 is 1.90 bits per heavy atom. The fourth-order valence-corrected chi connectivity index (χ4v) is 3.68. The number of aromatic nitrogens is 3. The Bertz CT molecular complexity index is 1190. The molecule has 0 saturated carbocycles. The average Bonchev–Trinajstić information content (AvgIpc) is 3.02. The minimum Gasteiger partial charge on any atom is -0.496 e. The van der Waals surface area contributed by atoms with Gasteiger partial charge in [-0.3, -0.25) is 0 Å². The lowest BCUT2D eigenvalue weighted by atomic mass is 10.0. The second-order valence-corrected chi connectivity index (χ2v) is 7.11. The van der Waals surface area contributed by atoms with E-state index in [1.54, 1.807) is 36.9 Å². The number of pyridine rings is 1. The van der Waals surface area contributed by atoms with Gasteiger partial charge < -0.3 is 4.74 Å². The van der Waals surface area contributed by atoms with Gasteiger partial charge in [0.25, 0.3) is 6.43 Å². The van der Waals surface area contributed by atoms with Crippen LogP contribution in [0.1, 0.15) is 23.2 Å². The molecule has 0 radical (unpaired) electrons. The summed E-state index contributed by atoms with van der Waals surface area (Å²) in [6.45, 7) is 2.09. The van der Waals surface area contributed by atoms with E-state index in [0.29, 0.717) is 45.3 Å². The lowest BCUT2D eigenvalue weighted by Gasteiger charge is -2.11. The van der Waals surface area contributed by atoms with Crippen molar-refractivity contribution < 1.29 is 13.5 Å². The molecule has 29 heavy (non-hydrogen) atoms. The van der Waals surface area contributed by atoms with E-state index in [1.807, 2.05) is 30.3 Å². The molecule has 0 aliphatic heterocycles. The molecule has 4 rings (SSSR count). The maximum absolute atomic E-state index is 13.9. The van der Waals surface area contributed by atoms with Gasteiger partial charge in [-0.2, -0.15) is 5.10 Å². The normalized spacial score (nSPS) is 11.4. The average molecular weight is 414 g/mol. The molecule has 0 aliphatic carbocycles. The van der Waals surface area contributed by atoms with Gasteiger partial charge in [-0.05, 0) is 42.8 Å². The van der Waals surface area contributed by atoms with Crippen molar-refractivity contribution in [1.29, 1.82) is 0 Å². The molecule has 4 nitrogen and oxygen atoms in total. The highest BCUT2D eigenvalue weighted by atomic mass is 35.5. The SMILES string of the molecule is COc1ccccc1-c1cc(C(F)F)c2c(C)nn(Cc3cccc(Cl)c3)c2n1. The number of alkyl halides is 2. The van der Waals surface area contributed by atoms with E-state index in [1.165, 1.54) is 6.07 Å². The van der Waals surface area contributed by atoms with Crippen molar-refractivity contribution in [3.8, 4) is 17.0 Å². The van der Waals surface area contributed by atoms with Crippen molar-refractivity contribution in [2.45, 2.75) is 19.9 Å². The van der Waals surface area contributed by atoms with Gasteiger partial charge in [0.2, 0.25) is 0 Å². The molecular weight excluding hydrogens is 396 g/mol. The molecule has 2 heterocycles. The van der Waals surface area contributed by atoms with E-state index in [4.69, 9.17) is 21.3 Å². The third kappa shape index (κ3) is 3.68. The van der Waals surface area contributed by atoms with Crippen LogP contribution in [0.5, 0.6) is 5.75 Å². The van der Waals surface area contributed by atoms with Crippen LogP contribution in [0.4, 0.5) is 8.78 Å². The van der Waals surface area contributed by atoms with Crippen LogP contribution in [-0.2, 0) is 6.54 Å². The highest BCUT2D eigenvalue weighted by molar-refractivity contribution is 6.30. The van der Waals surface area contributed by atoms with Crippen LogP contribution in [0.3, 0.4) is 0 Å². The fourth-order valence-electron chi connectivity index (χ4n) is 3.47. The summed E-state index contributed by atoms with van der Waals surface area (Å²) in [5.74, 6) is 0.567. The standard InChI is InChI=1S/C22H18ClF2N3O/c1-13-20-17(21(24)25)11-18(16-8-3-4-9-19(16)29-2)26-22(20)28(27-13)12-14-6-5-7-15(23)10-14/h3-11,21H,12H2,1-2H3. The van der Waals surface area contributed by atoms with Crippen molar-refractivity contribution in [3.05, 3.63) is 76.4 Å². The summed E-state index contributed by atoms with van der Waals surface area (Å²) in [6, 6.07) is 16.0. The van der Waals surface area contributed by atoms with Crippen LogP contribution in [0.25, 0.3) is 22.3 Å². The van der Waals surface area contributed by atoms with Gasteiger partial charge >= 0.3 is 0 Å². The maximum Gasteiger partial charge on any atom is 0.264 e. The predicted octanol–water partition coefficient (Wildman–Crippen LogP) is 6.05. The first kappa shape index (κ1) is 19.3. The molecule has 0 fully saturated rings. The topological polar surface area (TPSA) is 39.9 Å². The largest absolute Gasteiger partial charge is 0.496 e. The van der Waals surface area contributed by atoms with Crippen molar-refractivity contribution in [2.24, 2.45) is 0 Å². The summed E-state index contributed by atoms with van der Waals surface area (Å²) in [4.78, 5) is 4.69. The quantitative estimate of drug-likeness (QED) is 0.399. The molecule has 0 spiro atoms. The summed E-state index contributed by atoms with van der Waals surface area (Å²) in [5, 5.41) is 5.46. The lowest BCUT2D eigenvalue weighted by molar-refractivity contribution is 0.153. The first-order valence-electron chi connectivity index (χ1n) is 9.02. The van der Waals surface area contributed by atoms with Gasteiger partial charge in [-0.15, -0.1) is 0 Å². The van der Waals surface area contributed by atoms with Gasteiger partial charge in [0.1, 0.15) is 5.75 Å². The monoisotopic (exact) mass is 413 g/mol. The molecule has 0 bridgehead atoms. The Morgan fingerprint density at radius 1 is 1.10 bits per heavy atom. The molecule has 0 unspecified atom stereocenters. The Morgan fingerprint density at radius 3 is 2.62 bits per heavy atom. The zero-order valence-corrected chi connectivity index (χ0v) is 16.6. The number of benzene rings is 2. The van der Waals surface area contributed by atoms with Crippen molar-refractivity contribution in [2.75, 3.05) is 7.11 Å². The van der Waals surface area contributed by atoms with Crippen LogP contribution >= 0.6 is 11.6 Å².